The molecule has 4 N–H and O–H groups in total. The van der Waals surface area contributed by atoms with Gasteiger partial charge in [-0.3, -0.25) is 0 Å². The molecule has 0 aliphatic carbocycles. The summed E-state index contributed by atoms with van der Waals surface area (Å²) in [7, 11) is 0. The number of hydrogen-bond acceptors (Lipinski definition) is 4. The monoisotopic (exact) mass is 298 g/mol. The highest BCUT2D eigenvalue weighted by molar-refractivity contribution is 5.56. The minimum atomic E-state index is -0.170. The number of phenolic OH excluding ortho intramolecular Hbond substituents is 4. The summed E-state index contributed by atoms with van der Waals surface area (Å²) < 4.78 is 0. The molecular formula is C18H18O4. The van der Waals surface area contributed by atoms with Crippen LogP contribution in [-0.2, 0) is 12.8 Å². The predicted molar refractivity (Wildman–Crippen MR) is 86.2 cm³/mol. The Morgan fingerprint density at radius 1 is 0.773 bits per heavy atom. The fraction of sp³-hybridized carbons (Fsp3) is 0.111. The molecule has 4 heteroatoms. The van der Waals surface area contributed by atoms with Crippen LogP contribution in [0.4, 0.5) is 0 Å². The zero-order chi connectivity index (χ0) is 16.1. The standard InChI is InChI=1S/C18H18O4/c1-2-4-13-10-17(21)18(22)11-14(13)6-3-5-12-7-8-15(19)16(20)9-12/h2-3,5,7-11,19-22H,1,4,6H2/b5-3+. The molecule has 2 aromatic carbocycles. The Morgan fingerprint density at radius 3 is 1.95 bits per heavy atom. The van der Waals surface area contributed by atoms with Gasteiger partial charge >= 0.3 is 0 Å². The first-order valence-corrected chi connectivity index (χ1v) is 6.84. The van der Waals surface area contributed by atoms with E-state index in [9.17, 15) is 20.4 Å². The van der Waals surface area contributed by atoms with Crippen molar-refractivity contribution in [3.8, 4) is 23.0 Å². The summed E-state index contributed by atoms with van der Waals surface area (Å²) in [6.45, 7) is 3.68. The van der Waals surface area contributed by atoms with E-state index in [1.165, 1.54) is 24.3 Å². The number of phenols is 4. The molecule has 0 heterocycles. The molecular weight excluding hydrogens is 280 g/mol. The van der Waals surface area contributed by atoms with Gasteiger partial charge in [-0.1, -0.05) is 24.3 Å². The molecule has 0 aliphatic rings. The summed E-state index contributed by atoms with van der Waals surface area (Å²) in [6, 6.07) is 7.64. The van der Waals surface area contributed by atoms with E-state index in [2.05, 4.69) is 6.58 Å². The van der Waals surface area contributed by atoms with Crippen molar-refractivity contribution in [3.05, 3.63) is 65.8 Å². The first kappa shape index (κ1) is 15.5. The van der Waals surface area contributed by atoms with Gasteiger partial charge in [0.2, 0.25) is 0 Å². The molecule has 114 valence electrons. The van der Waals surface area contributed by atoms with Gasteiger partial charge in [-0.15, -0.1) is 6.58 Å². The second-order valence-electron chi connectivity index (χ2n) is 4.96. The average molecular weight is 298 g/mol. The quantitative estimate of drug-likeness (QED) is 0.503. The molecule has 2 aromatic rings. The zero-order valence-corrected chi connectivity index (χ0v) is 12.0. The van der Waals surface area contributed by atoms with Crippen LogP contribution in [0.15, 0.2) is 49.1 Å². The smallest absolute Gasteiger partial charge is 0.157 e. The maximum atomic E-state index is 9.62. The Balaban J connectivity index is 2.19. The van der Waals surface area contributed by atoms with E-state index >= 15 is 0 Å². The fourth-order valence-electron chi connectivity index (χ4n) is 2.16. The molecule has 0 fully saturated rings. The third kappa shape index (κ3) is 3.61. The van der Waals surface area contributed by atoms with E-state index < -0.39 is 0 Å². The van der Waals surface area contributed by atoms with Crippen LogP contribution in [0.3, 0.4) is 0 Å². The summed E-state index contributed by atoms with van der Waals surface area (Å²) in [5, 5.41) is 37.9. The Kier molecular flexibility index (Phi) is 4.73. The molecule has 0 aliphatic heterocycles. The minimum Gasteiger partial charge on any atom is -0.504 e. The fourth-order valence-corrected chi connectivity index (χ4v) is 2.16. The van der Waals surface area contributed by atoms with Gasteiger partial charge in [0.15, 0.2) is 23.0 Å². The number of aromatic hydroxyl groups is 4. The molecule has 0 bridgehead atoms. The number of rotatable bonds is 5. The van der Waals surface area contributed by atoms with Gasteiger partial charge in [-0.2, -0.15) is 0 Å². The number of benzene rings is 2. The van der Waals surface area contributed by atoms with Crippen molar-refractivity contribution in [2.45, 2.75) is 12.8 Å². The van der Waals surface area contributed by atoms with Crippen LogP contribution in [0.5, 0.6) is 23.0 Å². The number of hydrogen-bond donors (Lipinski definition) is 4. The Bertz CT molecular complexity index is 717. The summed E-state index contributed by atoms with van der Waals surface area (Å²) in [6.07, 6.45) is 6.57. The molecule has 2 rings (SSSR count). The molecule has 0 radical (unpaired) electrons. The zero-order valence-electron chi connectivity index (χ0n) is 12.0. The van der Waals surface area contributed by atoms with Crippen molar-refractivity contribution in [1.82, 2.24) is 0 Å². The molecule has 0 saturated carbocycles. The van der Waals surface area contributed by atoms with E-state index in [4.69, 9.17) is 0 Å². The maximum absolute atomic E-state index is 9.62. The van der Waals surface area contributed by atoms with Crippen LogP contribution >= 0.6 is 0 Å². The van der Waals surface area contributed by atoms with Gasteiger partial charge in [-0.05, 0) is 53.8 Å². The van der Waals surface area contributed by atoms with Crippen molar-refractivity contribution in [3.63, 3.8) is 0 Å². The van der Waals surface area contributed by atoms with Crippen molar-refractivity contribution in [1.29, 1.82) is 0 Å². The molecule has 0 atom stereocenters. The Labute approximate surface area is 128 Å². The van der Waals surface area contributed by atoms with Gasteiger partial charge in [0.25, 0.3) is 0 Å². The highest BCUT2D eigenvalue weighted by Crippen LogP contribution is 2.30. The lowest BCUT2D eigenvalue weighted by Crippen LogP contribution is -1.92. The third-order valence-electron chi connectivity index (χ3n) is 3.31. The predicted octanol–water partition coefficient (Wildman–Crippen LogP) is 3.49. The maximum Gasteiger partial charge on any atom is 0.157 e. The van der Waals surface area contributed by atoms with Crippen LogP contribution < -0.4 is 0 Å². The van der Waals surface area contributed by atoms with Crippen molar-refractivity contribution < 1.29 is 20.4 Å². The second-order valence-corrected chi connectivity index (χ2v) is 4.96. The Hall–Kier alpha value is -2.88. The van der Waals surface area contributed by atoms with Crippen LogP contribution in [0, 0.1) is 0 Å². The average Bonchev–Trinajstić information content (AvgIpc) is 2.48. The van der Waals surface area contributed by atoms with Crippen LogP contribution in [0.2, 0.25) is 0 Å². The van der Waals surface area contributed by atoms with E-state index in [1.54, 1.807) is 18.2 Å². The van der Waals surface area contributed by atoms with Crippen molar-refractivity contribution >= 4 is 6.08 Å². The van der Waals surface area contributed by atoms with E-state index in [1.807, 2.05) is 6.08 Å². The lowest BCUT2D eigenvalue weighted by molar-refractivity contribution is 0.402. The molecule has 0 unspecified atom stereocenters. The van der Waals surface area contributed by atoms with Crippen LogP contribution in [0.25, 0.3) is 6.08 Å². The molecule has 0 amide bonds. The Morgan fingerprint density at radius 2 is 1.36 bits per heavy atom. The lowest BCUT2D eigenvalue weighted by Gasteiger charge is -2.08. The first-order chi connectivity index (χ1) is 10.5. The largest absolute Gasteiger partial charge is 0.504 e. The molecule has 4 nitrogen and oxygen atoms in total. The highest BCUT2D eigenvalue weighted by Gasteiger charge is 2.06. The first-order valence-electron chi connectivity index (χ1n) is 6.84. The summed E-state index contributed by atoms with van der Waals surface area (Å²) in [5.74, 6) is -0.628. The number of allylic oxidation sites excluding steroid dienone is 2. The van der Waals surface area contributed by atoms with Crippen molar-refractivity contribution in [2.75, 3.05) is 0 Å². The van der Waals surface area contributed by atoms with Crippen LogP contribution in [0.1, 0.15) is 16.7 Å². The van der Waals surface area contributed by atoms with Crippen LogP contribution in [-0.4, -0.2) is 20.4 Å². The van der Waals surface area contributed by atoms with E-state index in [0.29, 0.717) is 12.8 Å². The van der Waals surface area contributed by atoms with Gasteiger partial charge in [0.05, 0.1) is 0 Å². The molecule has 0 spiro atoms. The van der Waals surface area contributed by atoms with Crippen molar-refractivity contribution in [2.24, 2.45) is 0 Å². The van der Waals surface area contributed by atoms with E-state index in [-0.39, 0.29) is 23.0 Å². The summed E-state index contributed by atoms with van der Waals surface area (Å²) in [5.41, 5.74) is 2.53. The summed E-state index contributed by atoms with van der Waals surface area (Å²) >= 11 is 0. The third-order valence-corrected chi connectivity index (χ3v) is 3.31. The topological polar surface area (TPSA) is 80.9 Å². The summed E-state index contributed by atoms with van der Waals surface area (Å²) in [4.78, 5) is 0. The molecule has 0 aromatic heterocycles. The minimum absolute atomic E-state index is 0.145. The van der Waals surface area contributed by atoms with Gasteiger partial charge in [-0.25, -0.2) is 0 Å². The highest BCUT2D eigenvalue weighted by atomic mass is 16.3. The molecule has 22 heavy (non-hydrogen) atoms. The van der Waals surface area contributed by atoms with E-state index in [0.717, 1.165) is 16.7 Å². The second kappa shape index (κ2) is 6.72. The lowest BCUT2D eigenvalue weighted by atomic mass is 10.00. The normalized spacial score (nSPS) is 10.9. The van der Waals surface area contributed by atoms with Gasteiger partial charge in [0.1, 0.15) is 0 Å². The van der Waals surface area contributed by atoms with Gasteiger partial charge < -0.3 is 20.4 Å². The van der Waals surface area contributed by atoms with Gasteiger partial charge in [0, 0.05) is 0 Å². The SMILES string of the molecule is C=CCc1cc(O)c(O)cc1C/C=C/c1ccc(O)c(O)c1. The molecule has 0 saturated heterocycles.